The number of halogens is 1. The molecule has 0 saturated carbocycles. The van der Waals surface area contributed by atoms with E-state index in [1.165, 1.54) is 19.2 Å². The first kappa shape index (κ1) is 11.6. The topological polar surface area (TPSA) is 63.7 Å². The molecule has 2 amide bonds. The van der Waals surface area contributed by atoms with Crippen LogP contribution in [0.15, 0.2) is 18.2 Å². The summed E-state index contributed by atoms with van der Waals surface area (Å²) in [6.07, 6.45) is 0. The number of hydrogen-bond acceptors (Lipinski definition) is 4. The second-order valence-corrected chi connectivity index (χ2v) is 3.84. The predicted molar refractivity (Wildman–Crippen MR) is 58.8 cm³/mol. The molecular formula is C11H8ClNO4. The van der Waals surface area contributed by atoms with Gasteiger partial charge in [-0.3, -0.25) is 19.3 Å². The lowest BCUT2D eigenvalue weighted by molar-refractivity contribution is -0.140. The number of rotatable bonds is 2. The van der Waals surface area contributed by atoms with Crippen molar-refractivity contribution in [3.8, 4) is 0 Å². The van der Waals surface area contributed by atoms with Gasteiger partial charge in [0.25, 0.3) is 11.8 Å². The molecule has 0 unspecified atom stereocenters. The molecule has 0 N–H and O–H groups in total. The van der Waals surface area contributed by atoms with E-state index in [1.807, 2.05) is 0 Å². The monoisotopic (exact) mass is 253 g/mol. The van der Waals surface area contributed by atoms with Crippen molar-refractivity contribution >= 4 is 29.4 Å². The van der Waals surface area contributed by atoms with Crippen molar-refractivity contribution in [2.24, 2.45) is 0 Å². The Labute approximate surface area is 102 Å². The van der Waals surface area contributed by atoms with E-state index in [4.69, 9.17) is 11.6 Å². The largest absolute Gasteiger partial charge is 0.468 e. The fraction of sp³-hybridized carbons (Fsp3) is 0.182. The molecule has 0 bridgehead atoms. The van der Waals surface area contributed by atoms with E-state index >= 15 is 0 Å². The Balaban J connectivity index is 2.39. The van der Waals surface area contributed by atoms with Crippen LogP contribution in [-0.4, -0.2) is 36.3 Å². The minimum absolute atomic E-state index is 0.142. The van der Waals surface area contributed by atoms with Gasteiger partial charge in [-0.05, 0) is 12.1 Å². The molecule has 0 spiro atoms. The van der Waals surface area contributed by atoms with Crippen LogP contribution in [0.25, 0.3) is 0 Å². The van der Waals surface area contributed by atoms with E-state index in [0.29, 0.717) is 0 Å². The molecular weight excluding hydrogens is 246 g/mol. The summed E-state index contributed by atoms with van der Waals surface area (Å²) in [5.74, 6) is -1.76. The molecule has 6 heteroatoms. The van der Waals surface area contributed by atoms with Gasteiger partial charge in [0.15, 0.2) is 0 Å². The summed E-state index contributed by atoms with van der Waals surface area (Å²) in [4.78, 5) is 35.7. The zero-order valence-electron chi connectivity index (χ0n) is 8.90. The molecule has 1 aliphatic rings. The fourth-order valence-corrected chi connectivity index (χ4v) is 1.88. The number of fused-ring (bicyclic) bond motifs is 1. The standard InChI is InChI=1S/C11H8ClNO4/c1-17-8(14)5-13-10(15)6-3-2-4-7(12)9(6)11(13)16/h2-4H,5H2,1H3. The van der Waals surface area contributed by atoms with Gasteiger partial charge in [0, 0.05) is 0 Å². The molecule has 1 aromatic rings. The van der Waals surface area contributed by atoms with Crippen molar-refractivity contribution in [3.63, 3.8) is 0 Å². The van der Waals surface area contributed by atoms with Crippen LogP contribution >= 0.6 is 11.6 Å². The molecule has 0 radical (unpaired) electrons. The maximum absolute atomic E-state index is 11.9. The van der Waals surface area contributed by atoms with Crippen molar-refractivity contribution < 1.29 is 19.1 Å². The molecule has 1 heterocycles. The van der Waals surface area contributed by atoms with E-state index in [-0.39, 0.29) is 16.1 Å². The number of hydrogen-bond donors (Lipinski definition) is 0. The highest BCUT2D eigenvalue weighted by Gasteiger charge is 2.38. The highest BCUT2D eigenvalue weighted by Crippen LogP contribution is 2.28. The molecule has 0 atom stereocenters. The van der Waals surface area contributed by atoms with E-state index in [2.05, 4.69) is 4.74 Å². The first-order valence-corrected chi connectivity index (χ1v) is 5.15. The third kappa shape index (κ3) is 1.78. The number of methoxy groups -OCH3 is 1. The van der Waals surface area contributed by atoms with Crippen LogP contribution in [0.4, 0.5) is 0 Å². The first-order chi connectivity index (χ1) is 8.06. The second-order valence-electron chi connectivity index (χ2n) is 3.43. The van der Waals surface area contributed by atoms with Gasteiger partial charge in [0.05, 0.1) is 23.3 Å². The van der Waals surface area contributed by atoms with E-state index in [0.717, 1.165) is 4.90 Å². The predicted octanol–water partition coefficient (Wildman–Crippen LogP) is 1.11. The second kappa shape index (κ2) is 4.18. The summed E-state index contributed by atoms with van der Waals surface area (Å²) in [5.41, 5.74) is 0.356. The van der Waals surface area contributed by atoms with Crippen LogP contribution in [0.2, 0.25) is 5.02 Å². The van der Waals surface area contributed by atoms with Gasteiger partial charge in [-0.1, -0.05) is 17.7 Å². The van der Waals surface area contributed by atoms with Gasteiger partial charge in [-0.15, -0.1) is 0 Å². The van der Waals surface area contributed by atoms with Gasteiger partial charge < -0.3 is 4.74 Å². The van der Waals surface area contributed by atoms with Crippen LogP contribution in [0, 0.1) is 0 Å². The van der Waals surface area contributed by atoms with E-state index < -0.39 is 24.3 Å². The van der Waals surface area contributed by atoms with Crippen molar-refractivity contribution in [1.82, 2.24) is 4.90 Å². The van der Waals surface area contributed by atoms with Crippen LogP contribution in [0.5, 0.6) is 0 Å². The number of amides is 2. The van der Waals surface area contributed by atoms with Gasteiger partial charge >= 0.3 is 5.97 Å². The van der Waals surface area contributed by atoms with Crippen LogP contribution < -0.4 is 0 Å². The third-order valence-electron chi connectivity index (χ3n) is 2.46. The molecule has 5 nitrogen and oxygen atoms in total. The Morgan fingerprint density at radius 2 is 2.06 bits per heavy atom. The molecule has 0 aromatic heterocycles. The Morgan fingerprint density at radius 3 is 2.65 bits per heavy atom. The Kier molecular flexibility index (Phi) is 2.85. The smallest absolute Gasteiger partial charge is 0.325 e. The number of ether oxygens (including phenoxy) is 1. The average Bonchev–Trinajstić information content (AvgIpc) is 2.55. The number of carbonyl (C=O) groups excluding carboxylic acids is 3. The Morgan fingerprint density at radius 1 is 1.35 bits per heavy atom. The average molecular weight is 254 g/mol. The number of esters is 1. The maximum Gasteiger partial charge on any atom is 0.325 e. The normalized spacial score (nSPS) is 13.9. The van der Waals surface area contributed by atoms with Gasteiger partial charge in [-0.2, -0.15) is 0 Å². The molecule has 1 aromatic carbocycles. The highest BCUT2D eigenvalue weighted by molar-refractivity contribution is 6.37. The first-order valence-electron chi connectivity index (χ1n) is 4.77. The Hall–Kier alpha value is -1.88. The van der Waals surface area contributed by atoms with Crippen LogP contribution in [0.1, 0.15) is 20.7 Å². The van der Waals surface area contributed by atoms with Crippen molar-refractivity contribution in [3.05, 3.63) is 34.3 Å². The van der Waals surface area contributed by atoms with Crippen LogP contribution in [-0.2, 0) is 9.53 Å². The zero-order chi connectivity index (χ0) is 12.6. The summed E-state index contributed by atoms with van der Waals surface area (Å²) in [5, 5.41) is 0.202. The minimum Gasteiger partial charge on any atom is -0.468 e. The lowest BCUT2D eigenvalue weighted by atomic mass is 10.1. The molecule has 1 aliphatic heterocycles. The summed E-state index contributed by atoms with van der Waals surface area (Å²) < 4.78 is 4.42. The summed E-state index contributed by atoms with van der Waals surface area (Å²) >= 11 is 5.85. The van der Waals surface area contributed by atoms with E-state index in [1.54, 1.807) is 6.07 Å². The van der Waals surface area contributed by atoms with Crippen molar-refractivity contribution in [2.45, 2.75) is 0 Å². The number of imide groups is 1. The molecule has 0 aliphatic carbocycles. The molecule has 2 rings (SSSR count). The van der Waals surface area contributed by atoms with Gasteiger partial charge in [0.1, 0.15) is 6.54 Å². The minimum atomic E-state index is -0.657. The highest BCUT2D eigenvalue weighted by atomic mass is 35.5. The number of nitrogens with zero attached hydrogens (tertiary/aromatic N) is 1. The summed E-state index contributed by atoms with van der Waals surface area (Å²) in [6, 6.07) is 4.60. The third-order valence-corrected chi connectivity index (χ3v) is 2.78. The van der Waals surface area contributed by atoms with Crippen LogP contribution in [0.3, 0.4) is 0 Å². The van der Waals surface area contributed by atoms with Gasteiger partial charge in [-0.25, -0.2) is 0 Å². The molecule has 88 valence electrons. The summed E-state index contributed by atoms with van der Waals surface area (Å²) in [6.45, 7) is -0.404. The number of benzene rings is 1. The van der Waals surface area contributed by atoms with E-state index in [9.17, 15) is 14.4 Å². The molecule has 0 fully saturated rings. The lowest BCUT2D eigenvalue weighted by Gasteiger charge is -2.11. The molecule has 17 heavy (non-hydrogen) atoms. The van der Waals surface area contributed by atoms with Crippen molar-refractivity contribution in [1.29, 1.82) is 0 Å². The SMILES string of the molecule is COC(=O)CN1C(=O)c2cccc(Cl)c2C1=O. The quantitative estimate of drug-likeness (QED) is 0.585. The number of carbonyl (C=O) groups is 3. The zero-order valence-corrected chi connectivity index (χ0v) is 9.65. The lowest BCUT2D eigenvalue weighted by Crippen LogP contribution is -2.35. The fourth-order valence-electron chi connectivity index (χ4n) is 1.63. The van der Waals surface area contributed by atoms with Crippen molar-refractivity contribution in [2.75, 3.05) is 13.7 Å². The maximum atomic E-state index is 11.9. The Bertz CT molecular complexity index is 526. The summed E-state index contributed by atoms with van der Waals surface area (Å²) in [7, 11) is 1.19. The molecule has 0 saturated heterocycles. The van der Waals surface area contributed by atoms with Gasteiger partial charge in [0.2, 0.25) is 0 Å².